The average Bonchev–Trinajstić information content (AvgIpc) is 3.37. The highest BCUT2D eigenvalue weighted by molar-refractivity contribution is 5.71. The first kappa shape index (κ1) is 67.8. The standard InChI is InChI=1S/C65H114O6/c1-4-7-10-13-16-19-22-25-27-29-30-31-32-33-34-36-37-40-43-46-49-52-55-58-64(67)70-61-62(60-69-63(66)57-54-51-48-45-42-39-24-21-18-15-12-9-6-3)71-65(68)59-56-53-50-47-44-41-38-35-28-26-23-20-17-14-11-8-5-2/h7,10,16,19,25-28,30-31,33-34,62H,4-6,8-9,11-15,17-18,20-24,29,32,35-61H2,1-3H3/b10-7-,19-16-,27-25-,28-26-,31-30-,34-33-. The van der Waals surface area contributed by atoms with Crippen molar-refractivity contribution in [2.45, 2.75) is 309 Å². The summed E-state index contributed by atoms with van der Waals surface area (Å²) in [4.78, 5) is 38.2. The zero-order valence-electron chi connectivity index (χ0n) is 47.0. The van der Waals surface area contributed by atoms with Crippen molar-refractivity contribution < 1.29 is 28.6 Å². The van der Waals surface area contributed by atoms with Crippen LogP contribution in [0.15, 0.2) is 72.9 Å². The van der Waals surface area contributed by atoms with E-state index in [4.69, 9.17) is 14.2 Å². The molecule has 0 radical (unpaired) electrons. The minimum Gasteiger partial charge on any atom is -0.462 e. The topological polar surface area (TPSA) is 78.9 Å². The van der Waals surface area contributed by atoms with E-state index >= 15 is 0 Å². The molecule has 71 heavy (non-hydrogen) atoms. The summed E-state index contributed by atoms with van der Waals surface area (Å²) in [5.74, 6) is -0.881. The summed E-state index contributed by atoms with van der Waals surface area (Å²) < 4.78 is 16.9. The summed E-state index contributed by atoms with van der Waals surface area (Å²) in [7, 11) is 0. The zero-order valence-corrected chi connectivity index (χ0v) is 47.0. The molecule has 0 aliphatic heterocycles. The lowest BCUT2D eigenvalue weighted by Gasteiger charge is -2.18. The second-order valence-corrected chi connectivity index (χ2v) is 20.2. The third-order valence-electron chi connectivity index (χ3n) is 13.2. The Morgan fingerprint density at radius 2 is 0.549 bits per heavy atom. The Morgan fingerprint density at radius 1 is 0.296 bits per heavy atom. The third-order valence-corrected chi connectivity index (χ3v) is 13.2. The fourth-order valence-electron chi connectivity index (χ4n) is 8.64. The minimum absolute atomic E-state index is 0.0778. The molecule has 0 aliphatic carbocycles. The summed E-state index contributed by atoms with van der Waals surface area (Å²) in [5, 5.41) is 0. The summed E-state index contributed by atoms with van der Waals surface area (Å²) in [6.07, 6.45) is 76.1. The summed E-state index contributed by atoms with van der Waals surface area (Å²) >= 11 is 0. The molecule has 0 aromatic rings. The van der Waals surface area contributed by atoms with Crippen LogP contribution < -0.4 is 0 Å². The van der Waals surface area contributed by atoms with E-state index in [1.165, 1.54) is 167 Å². The highest BCUT2D eigenvalue weighted by Crippen LogP contribution is 2.16. The van der Waals surface area contributed by atoms with E-state index in [0.717, 1.165) is 96.3 Å². The van der Waals surface area contributed by atoms with Crippen molar-refractivity contribution in [2.24, 2.45) is 0 Å². The molecule has 0 aromatic carbocycles. The van der Waals surface area contributed by atoms with Gasteiger partial charge in [-0.1, -0.05) is 267 Å². The molecule has 410 valence electrons. The van der Waals surface area contributed by atoms with Crippen LogP contribution in [-0.4, -0.2) is 37.2 Å². The van der Waals surface area contributed by atoms with Gasteiger partial charge in [-0.15, -0.1) is 0 Å². The Bertz CT molecular complexity index is 1320. The second kappa shape index (κ2) is 59.4. The van der Waals surface area contributed by atoms with Gasteiger partial charge in [-0.3, -0.25) is 14.4 Å². The van der Waals surface area contributed by atoms with Crippen LogP contribution in [-0.2, 0) is 28.6 Å². The molecule has 1 unspecified atom stereocenters. The summed E-state index contributed by atoms with van der Waals surface area (Å²) in [6.45, 7) is 6.54. The first-order valence-corrected chi connectivity index (χ1v) is 30.4. The zero-order chi connectivity index (χ0) is 51.4. The quantitative estimate of drug-likeness (QED) is 0.0261. The molecule has 0 N–H and O–H groups in total. The largest absolute Gasteiger partial charge is 0.462 e. The van der Waals surface area contributed by atoms with E-state index in [0.29, 0.717) is 19.3 Å². The van der Waals surface area contributed by atoms with Gasteiger partial charge in [0.25, 0.3) is 0 Å². The Labute approximate surface area is 440 Å². The number of esters is 3. The predicted molar refractivity (Wildman–Crippen MR) is 307 cm³/mol. The average molecular weight is 992 g/mol. The molecular formula is C65H114O6. The number of allylic oxidation sites excluding steroid dienone is 12. The number of hydrogen-bond donors (Lipinski definition) is 0. The van der Waals surface area contributed by atoms with E-state index < -0.39 is 6.10 Å². The summed E-state index contributed by atoms with van der Waals surface area (Å²) in [6, 6.07) is 0. The van der Waals surface area contributed by atoms with Crippen molar-refractivity contribution in [1.29, 1.82) is 0 Å². The Morgan fingerprint density at radius 3 is 0.873 bits per heavy atom. The van der Waals surface area contributed by atoms with Gasteiger partial charge in [0.1, 0.15) is 13.2 Å². The number of ether oxygens (including phenoxy) is 3. The van der Waals surface area contributed by atoms with E-state index in [1.54, 1.807) is 0 Å². The van der Waals surface area contributed by atoms with Crippen molar-refractivity contribution in [3.8, 4) is 0 Å². The molecule has 1 atom stereocenters. The van der Waals surface area contributed by atoms with Crippen molar-refractivity contribution in [3.05, 3.63) is 72.9 Å². The lowest BCUT2D eigenvalue weighted by Crippen LogP contribution is -2.30. The highest BCUT2D eigenvalue weighted by atomic mass is 16.6. The molecule has 0 aliphatic rings. The maximum Gasteiger partial charge on any atom is 0.306 e. The first-order valence-electron chi connectivity index (χ1n) is 30.4. The maximum absolute atomic E-state index is 12.9. The Kier molecular flexibility index (Phi) is 56.8. The lowest BCUT2D eigenvalue weighted by molar-refractivity contribution is -0.167. The van der Waals surface area contributed by atoms with Crippen LogP contribution >= 0.6 is 0 Å². The van der Waals surface area contributed by atoms with Crippen LogP contribution in [0.4, 0.5) is 0 Å². The van der Waals surface area contributed by atoms with Gasteiger partial charge in [0, 0.05) is 19.3 Å². The van der Waals surface area contributed by atoms with E-state index in [1.807, 2.05) is 0 Å². The Balaban J connectivity index is 4.35. The van der Waals surface area contributed by atoms with Crippen LogP contribution in [0.5, 0.6) is 0 Å². The van der Waals surface area contributed by atoms with Crippen LogP contribution in [0.3, 0.4) is 0 Å². The minimum atomic E-state index is -0.781. The number of hydrogen-bond acceptors (Lipinski definition) is 6. The molecule has 0 saturated heterocycles. The van der Waals surface area contributed by atoms with E-state index in [2.05, 4.69) is 93.7 Å². The molecule has 0 spiro atoms. The first-order chi connectivity index (χ1) is 35.0. The van der Waals surface area contributed by atoms with Gasteiger partial charge in [-0.05, 0) is 89.9 Å². The molecule has 0 saturated carbocycles. The molecule has 6 heteroatoms. The van der Waals surface area contributed by atoms with Crippen LogP contribution in [0.2, 0.25) is 0 Å². The molecule has 6 nitrogen and oxygen atoms in total. The number of unbranched alkanes of at least 4 members (excludes halogenated alkanes) is 32. The fourth-order valence-corrected chi connectivity index (χ4v) is 8.64. The third kappa shape index (κ3) is 57.6. The molecule has 0 aromatic heterocycles. The van der Waals surface area contributed by atoms with Crippen molar-refractivity contribution in [2.75, 3.05) is 13.2 Å². The normalized spacial score (nSPS) is 12.5. The van der Waals surface area contributed by atoms with Gasteiger partial charge < -0.3 is 14.2 Å². The molecule has 0 amide bonds. The van der Waals surface area contributed by atoms with Gasteiger partial charge in [-0.25, -0.2) is 0 Å². The lowest BCUT2D eigenvalue weighted by atomic mass is 10.0. The van der Waals surface area contributed by atoms with Crippen LogP contribution in [0, 0.1) is 0 Å². The smallest absolute Gasteiger partial charge is 0.306 e. The van der Waals surface area contributed by atoms with Gasteiger partial charge in [0.2, 0.25) is 0 Å². The predicted octanol–water partition coefficient (Wildman–Crippen LogP) is 20.5. The van der Waals surface area contributed by atoms with Gasteiger partial charge in [-0.2, -0.15) is 0 Å². The Hall–Kier alpha value is -3.15. The van der Waals surface area contributed by atoms with Crippen LogP contribution in [0.1, 0.15) is 303 Å². The molecule has 0 rings (SSSR count). The maximum atomic E-state index is 12.9. The molecule has 0 heterocycles. The van der Waals surface area contributed by atoms with Crippen molar-refractivity contribution in [1.82, 2.24) is 0 Å². The van der Waals surface area contributed by atoms with Crippen LogP contribution in [0.25, 0.3) is 0 Å². The monoisotopic (exact) mass is 991 g/mol. The molecular weight excluding hydrogens is 877 g/mol. The number of carbonyl (C=O) groups is 3. The van der Waals surface area contributed by atoms with Gasteiger partial charge in [0.05, 0.1) is 0 Å². The SMILES string of the molecule is CC/C=C\C/C=C\C/C=C\C/C=C\C/C=C\CCCCCCCCCC(=O)OCC(COC(=O)CCCCCCCCCCCCCCC)OC(=O)CCCCCCCCC/C=C\CCCCCCCC. The van der Waals surface area contributed by atoms with E-state index in [-0.39, 0.29) is 31.1 Å². The molecule has 0 bridgehead atoms. The van der Waals surface area contributed by atoms with E-state index in [9.17, 15) is 14.4 Å². The number of rotatable bonds is 55. The fraction of sp³-hybridized carbons (Fsp3) is 0.769. The van der Waals surface area contributed by atoms with Gasteiger partial charge >= 0.3 is 17.9 Å². The molecule has 0 fully saturated rings. The van der Waals surface area contributed by atoms with Gasteiger partial charge in [0.15, 0.2) is 6.10 Å². The second-order valence-electron chi connectivity index (χ2n) is 20.2. The summed E-state index contributed by atoms with van der Waals surface area (Å²) in [5.41, 5.74) is 0. The number of carbonyl (C=O) groups excluding carboxylic acids is 3. The van der Waals surface area contributed by atoms with Crippen molar-refractivity contribution in [3.63, 3.8) is 0 Å². The van der Waals surface area contributed by atoms with Crippen molar-refractivity contribution >= 4 is 17.9 Å². The highest BCUT2D eigenvalue weighted by Gasteiger charge is 2.19.